The van der Waals surface area contributed by atoms with Gasteiger partial charge in [0, 0.05) is 5.56 Å². The number of aromatic hydroxyl groups is 1. The molecule has 0 unspecified atom stereocenters. The second kappa shape index (κ2) is 6.04. The van der Waals surface area contributed by atoms with Gasteiger partial charge in [-0.25, -0.2) is 4.98 Å². The maximum absolute atomic E-state index is 12.1. The molecule has 7 nitrogen and oxygen atoms in total. The SMILES string of the molecule is CC(C)(C)c1ccc(C(=O)Nc2ncc([N+](=O)[O-])cc2O)cc1. The third-order valence-electron chi connectivity index (χ3n) is 3.31. The highest BCUT2D eigenvalue weighted by Crippen LogP contribution is 2.26. The summed E-state index contributed by atoms with van der Waals surface area (Å²) in [4.78, 5) is 25.8. The molecule has 2 N–H and O–H groups in total. The second-order valence-electron chi connectivity index (χ2n) is 6.10. The van der Waals surface area contributed by atoms with Gasteiger partial charge in [0.05, 0.1) is 11.0 Å². The highest BCUT2D eigenvalue weighted by Gasteiger charge is 2.16. The summed E-state index contributed by atoms with van der Waals surface area (Å²) in [6, 6.07) is 8.01. The average Bonchev–Trinajstić information content (AvgIpc) is 2.48. The Kier molecular flexibility index (Phi) is 4.31. The molecule has 0 saturated heterocycles. The van der Waals surface area contributed by atoms with Crippen LogP contribution >= 0.6 is 0 Å². The van der Waals surface area contributed by atoms with Gasteiger partial charge in [-0.3, -0.25) is 14.9 Å². The van der Waals surface area contributed by atoms with E-state index in [2.05, 4.69) is 31.1 Å². The Morgan fingerprint density at radius 3 is 2.35 bits per heavy atom. The molecule has 0 atom stereocenters. The van der Waals surface area contributed by atoms with E-state index in [-0.39, 0.29) is 16.9 Å². The van der Waals surface area contributed by atoms with Crippen molar-refractivity contribution in [3.8, 4) is 5.75 Å². The quantitative estimate of drug-likeness (QED) is 0.668. The molecule has 0 aliphatic rings. The lowest BCUT2D eigenvalue weighted by atomic mass is 9.87. The number of carbonyl (C=O) groups is 1. The zero-order valence-corrected chi connectivity index (χ0v) is 13.0. The molecule has 23 heavy (non-hydrogen) atoms. The molecule has 0 saturated carbocycles. The molecule has 1 aromatic heterocycles. The molecule has 120 valence electrons. The van der Waals surface area contributed by atoms with Crippen molar-refractivity contribution < 1.29 is 14.8 Å². The van der Waals surface area contributed by atoms with E-state index in [1.807, 2.05) is 12.1 Å². The van der Waals surface area contributed by atoms with Crippen LogP contribution in [0.1, 0.15) is 36.7 Å². The molecular weight excluding hydrogens is 298 g/mol. The van der Waals surface area contributed by atoms with Crippen LogP contribution in [0, 0.1) is 10.1 Å². The Morgan fingerprint density at radius 1 is 1.26 bits per heavy atom. The summed E-state index contributed by atoms with van der Waals surface area (Å²) in [6.45, 7) is 6.21. The van der Waals surface area contributed by atoms with E-state index in [0.717, 1.165) is 17.8 Å². The summed E-state index contributed by atoms with van der Waals surface area (Å²) >= 11 is 0. The van der Waals surface area contributed by atoms with Crippen LogP contribution in [-0.4, -0.2) is 20.9 Å². The Labute approximate surface area is 133 Å². The van der Waals surface area contributed by atoms with Crippen LogP contribution < -0.4 is 5.32 Å². The molecule has 7 heteroatoms. The van der Waals surface area contributed by atoms with Gasteiger partial charge in [-0.05, 0) is 23.1 Å². The minimum Gasteiger partial charge on any atom is -0.504 e. The van der Waals surface area contributed by atoms with Crippen molar-refractivity contribution >= 4 is 17.4 Å². The molecule has 2 rings (SSSR count). The number of amides is 1. The lowest BCUT2D eigenvalue weighted by Crippen LogP contribution is -2.15. The number of hydrogen-bond donors (Lipinski definition) is 2. The first-order valence-corrected chi connectivity index (χ1v) is 6.94. The van der Waals surface area contributed by atoms with Gasteiger partial charge < -0.3 is 10.4 Å². The van der Waals surface area contributed by atoms with Gasteiger partial charge in [0.1, 0.15) is 6.20 Å². The van der Waals surface area contributed by atoms with Crippen molar-refractivity contribution in [3.05, 3.63) is 57.8 Å². The first-order valence-electron chi connectivity index (χ1n) is 6.94. The number of benzene rings is 1. The molecule has 1 aromatic carbocycles. The van der Waals surface area contributed by atoms with Gasteiger partial charge >= 0.3 is 0 Å². The van der Waals surface area contributed by atoms with Crippen LogP contribution in [0.15, 0.2) is 36.5 Å². The van der Waals surface area contributed by atoms with Crippen LogP contribution in [0.2, 0.25) is 0 Å². The van der Waals surface area contributed by atoms with E-state index in [4.69, 9.17) is 0 Å². The number of pyridine rings is 1. The third kappa shape index (κ3) is 3.82. The topological polar surface area (TPSA) is 105 Å². The number of hydrogen-bond acceptors (Lipinski definition) is 5. The van der Waals surface area contributed by atoms with Crippen molar-refractivity contribution in [2.24, 2.45) is 0 Å². The van der Waals surface area contributed by atoms with Gasteiger partial charge in [0.25, 0.3) is 11.6 Å². The van der Waals surface area contributed by atoms with Gasteiger partial charge in [-0.1, -0.05) is 32.9 Å². The molecule has 0 spiro atoms. The van der Waals surface area contributed by atoms with Gasteiger partial charge in [0.2, 0.25) is 0 Å². The van der Waals surface area contributed by atoms with E-state index >= 15 is 0 Å². The number of nitrogens with one attached hydrogen (secondary N) is 1. The molecule has 0 bridgehead atoms. The predicted octanol–water partition coefficient (Wildman–Crippen LogP) is 3.25. The third-order valence-corrected chi connectivity index (χ3v) is 3.31. The summed E-state index contributed by atoms with van der Waals surface area (Å²) < 4.78 is 0. The van der Waals surface area contributed by atoms with Crippen molar-refractivity contribution in [2.45, 2.75) is 26.2 Å². The zero-order valence-electron chi connectivity index (χ0n) is 13.0. The molecular formula is C16H17N3O4. The smallest absolute Gasteiger partial charge is 0.291 e. The number of nitrogens with zero attached hydrogens (tertiary/aromatic N) is 2. The molecule has 0 radical (unpaired) electrons. The van der Waals surface area contributed by atoms with Crippen molar-refractivity contribution in [1.29, 1.82) is 0 Å². The van der Waals surface area contributed by atoms with Crippen LogP contribution in [0.25, 0.3) is 0 Å². The van der Waals surface area contributed by atoms with E-state index in [1.54, 1.807) is 12.1 Å². The Hall–Kier alpha value is -2.96. The first kappa shape index (κ1) is 16.4. The van der Waals surface area contributed by atoms with Crippen LogP contribution in [0.5, 0.6) is 5.75 Å². The molecule has 0 aliphatic carbocycles. The van der Waals surface area contributed by atoms with E-state index in [0.29, 0.717) is 5.56 Å². The van der Waals surface area contributed by atoms with Crippen molar-refractivity contribution in [1.82, 2.24) is 4.98 Å². The minimum absolute atomic E-state index is 0.0206. The number of rotatable bonds is 3. The fraction of sp³-hybridized carbons (Fsp3) is 0.250. The lowest BCUT2D eigenvalue weighted by Gasteiger charge is -2.19. The summed E-state index contributed by atoms with van der Waals surface area (Å²) in [6.07, 6.45) is 0.970. The van der Waals surface area contributed by atoms with E-state index in [9.17, 15) is 20.0 Å². The highest BCUT2D eigenvalue weighted by molar-refractivity contribution is 6.04. The number of aromatic nitrogens is 1. The van der Waals surface area contributed by atoms with Crippen LogP contribution in [0.4, 0.5) is 11.5 Å². The molecule has 1 heterocycles. The van der Waals surface area contributed by atoms with E-state index < -0.39 is 16.6 Å². The summed E-state index contributed by atoms with van der Waals surface area (Å²) in [5.74, 6) is -1.04. The largest absolute Gasteiger partial charge is 0.504 e. The normalized spacial score (nSPS) is 11.1. The maximum Gasteiger partial charge on any atom is 0.291 e. The minimum atomic E-state index is -0.677. The Balaban J connectivity index is 2.17. The highest BCUT2D eigenvalue weighted by atomic mass is 16.6. The molecule has 2 aromatic rings. The van der Waals surface area contributed by atoms with Crippen molar-refractivity contribution in [2.75, 3.05) is 5.32 Å². The molecule has 0 aliphatic heterocycles. The lowest BCUT2D eigenvalue weighted by molar-refractivity contribution is -0.385. The summed E-state index contributed by atoms with van der Waals surface area (Å²) in [5, 5.41) is 22.7. The number of nitro groups is 1. The van der Waals surface area contributed by atoms with Crippen LogP contribution in [-0.2, 0) is 5.41 Å². The monoisotopic (exact) mass is 315 g/mol. The average molecular weight is 315 g/mol. The standard InChI is InChI=1S/C16H17N3O4/c1-16(2,3)11-6-4-10(5-7-11)15(21)18-14-13(20)8-12(9-17-14)19(22)23/h4-9,20H,1-3H3,(H,17,18,21). The van der Waals surface area contributed by atoms with E-state index in [1.165, 1.54) is 0 Å². The second-order valence-corrected chi connectivity index (χ2v) is 6.10. The molecule has 0 fully saturated rings. The summed E-state index contributed by atoms with van der Waals surface area (Å²) in [5.41, 5.74) is 1.12. The first-order chi connectivity index (χ1) is 10.7. The Morgan fingerprint density at radius 2 is 1.87 bits per heavy atom. The van der Waals surface area contributed by atoms with Crippen LogP contribution in [0.3, 0.4) is 0 Å². The summed E-state index contributed by atoms with van der Waals surface area (Å²) in [7, 11) is 0. The fourth-order valence-electron chi connectivity index (χ4n) is 1.94. The van der Waals surface area contributed by atoms with Gasteiger partial charge in [0.15, 0.2) is 11.6 Å². The number of anilines is 1. The van der Waals surface area contributed by atoms with Gasteiger partial charge in [-0.2, -0.15) is 0 Å². The van der Waals surface area contributed by atoms with Crippen molar-refractivity contribution in [3.63, 3.8) is 0 Å². The fourth-order valence-corrected chi connectivity index (χ4v) is 1.94. The Bertz CT molecular complexity index is 749. The number of carbonyl (C=O) groups excluding carboxylic acids is 1. The molecule has 1 amide bonds. The maximum atomic E-state index is 12.1. The predicted molar refractivity (Wildman–Crippen MR) is 85.7 cm³/mol. The zero-order chi connectivity index (χ0) is 17.2. The van der Waals surface area contributed by atoms with Gasteiger partial charge in [-0.15, -0.1) is 0 Å².